The lowest BCUT2D eigenvalue weighted by Gasteiger charge is -2.31. The minimum Gasteiger partial charge on any atom is -0.354 e. The standard InChI is InChI=1S/C22H26N2/c1-24(18-12-6-3-7-13-18)16-20-19-14-8-9-15-21(19)23-22(20)17-10-4-2-5-11-17/h2,4-5,8-11,14-15,18,23H,3,6-7,12-13,16H2,1H3. The molecule has 1 aliphatic carbocycles. The monoisotopic (exact) mass is 318 g/mol. The number of nitrogens with zero attached hydrogens (tertiary/aromatic N) is 1. The zero-order valence-corrected chi connectivity index (χ0v) is 14.5. The van der Waals surface area contributed by atoms with E-state index in [1.165, 1.54) is 59.8 Å². The van der Waals surface area contributed by atoms with Crippen LogP contribution in [0.1, 0.15) is 37.7 Å². The molecule has 1 aliphatic rings. The van der Waals surface area contributed by atoms with Crippen LogP contribution in [0.3, 0.4) is 0 Å². The van der Waals surface area contributed by atoms with Crippen molar-refractivity contribution in [2.75, 3.05) is 7.05 Å². The number of hydrogen-bond acceptors (Lipinski definition) is 1. The van der Waals surface area contributed by atoms with E-state index < -0.39 is 0 Å². The normalized spacial score (nSPS) is 16.1. The molecule has 1 aromatic heterocycles. The molecule has 2 nitrogen and oxygen atoms in total. The summed E-state index contributed by atoms with van der Waals surface area (Å²) in [5.41, 5.74) is 5.23. The Hall–Kier alpha value is -2.06. The fourth-order valence-electron chi connectivity index (χ4n) is 4.12. The third-order valence-corrected chi connectivity index (χ3v) is 5.48. The molecule has 0 aliphatic heterocycles. The quantitative estimate of drug-likeness (QED) is 0.663. The van der Waals surface area contributed by atoms with Gasteiger partial charge >= 0.3 is 0 Å². The number of hydrogen-bond donors (Lipinski definition) is 1. The molecule has 2 heteroatoms. The molecule has 0 saturated heterocycles. The van der Waals surface area contributed by atoms with Crippen LogP contribution in [0.2, 0.25) is 0 Å². The molecule has 0 bridgehead atoms. The van der Waals surface area contributed by atoms with Crippen molar-refractivity contribution in [3.63, 3.8) is 0 Å². The predicted molar refractivity (Wildman–Crippen MR) is 102 cm³/mol. The van der Waals surface area contributed by atoms with Crippen molar-refractivity contribution in [3.8, 4) is 11.3 Å². The average Bonchev–Trinajstić information content (AvgIpc) is 3.02. The topological polar surface area (TPSA) is 19.0 Å². The van der Waals surface area contributed by atoms with Gasteiger partial charge in [-0.1, -0.05) is 67.8 Å². The lowest BCUT2D eigenvalue weighted by molar-refractivity contribution is 0.185. The van der Waals surface area contributed by atoms with Crippen LogP contribution < -0.4 is 0 Å². The van der Waals surface area contributed by atoms with Gasteiger partial charge in [0.1, 0.15) is 0 Å². The van der Waals surface area contributed by atoms with Crippen LogP contribution in [0.15, 0.2) is 54.6 Å². The van der Waals surface area contributed by atoms with E-state index in [0.717, 1.165) is 12.6 Å². The summed E-state index contributed by atoms with van der Waals surface area (Å²) in [6.45, 7) is 1.01. The Morgan fingerprint density at radius 2 is 1.62 bits per heavy atom. The van der Waals surface area contributed by atoms with Gasteiger partial charge in [-0.15, -0.1) is 0 Å². The lowest BCUT2D eigenvalue weighted by atomic mass is 9.94. The van der Waals surface area contributed by atoms with E-state index in [9.17, 15) is 0 Å². The molecule has 0 atom stereocenters. The summed E-state index contributed by atoms with van der Waals surface area (Å²) in [4.78, 5) is 6.23. The second-order valence-electron chi connectivity index (χ2n) is 7.10. The third-order valence-electron chi connectivity index (χ3n) is 5.48. The van der Waals surface area contributed by atoms with Gasteiger partial charge in [0.25, 0.3) is 0 Å². The predicted octanol–water partition coefficient (Wildman–Crippen LogP) is 5.60. The highest BCUT2D eigenvalue weighted by Crippen LogP contribution is 2.32. The van der Waals surface area contributed by atoms with Crippen LogP contribution >= 0.6 is 0 Å². The van der Waals surface area contributed by atoms with Gasteiger partial charge in [-0.25, -0.2) is 0 Å². The van der Waals surface area contributed by atoms with Crippen LogP contribution in [0, 0.1) is 0 Å². The van der Waals surface area contributed by atoms with Gasteiger partial charge in [0, 0.05) is 23.5 Å². The van der Waals surface area contributed by atoms with E-state index in [1.807, 2.05) is 0 Å². The number of nitrogens with one attached hydrogen (secondary N) is 1. The van der Waals surface area contributed by atoms with E-state index in [0.29, 0.717) is 0 Å². The van der Waals surface area contributed by atoms with Crippen LogP contribution in [0.4, 0.5) is 0 Å². The molecule has 1 heterocycles. The molecule has 1 fully saturated rings. The maximum atomic E-state index is 3.66. The molecule has 3 aromatic rings. The second kappa shape index (κ2) is 6.82. The average molecular weight is 318 g/mol. The fourth-order valence-corrected chi connectivity index (χ4v) is 4.12. The number of para-hydroxylation sites is 1. The largest absolute Gasteiger partial charge is 0.354 e. The van der Waals surface area contributed by atoms with Crippen molar-refractivity contribution in [2.24, 2.45) is 0 Å². The minimum atomic E-state index is 0.732. The van der Waals surface area contributed by atoms with Crippen LogP contribution in [0.25, 0.3) is 22.2 Å². The highest BCUT2D eigenvalue weighted by atomic mass is 15.1. The van der Waals surface area contributed by atoms with Crippen LogP contribution in [-0.4, -0.2) is 23.0 Å². The summed E-state index contributed by atoms with van der Waals surface area (Å²) in [6.07, 6.45) is 6.87. The number of H-pyrrole nitrogens is 1. The summed E-state index contributed by atoms with van der Waals surface area (Å²) in [7, 11) is 2.30. The number of fused-ring (bicyclic) bond motifs is 1. The van der Waals surface area contributed by atoms with Crippen molar-refractivity contribution < 1.29 is 0 Å². The molecule has 1 N–H and O–H groups in total. The molecule has 0 radical (unpaired) electrons. The maximum Gasteiger partial charge on any atom is 0.0510 e. The SMILES string of the molecule is CN(Cc1c(-c2ccccc2)[nH]c2ccccc12)C1CCCCC1. The summed E-state index contributed by atoms with van der Waals surface area (Å²) in [5, 5.41) is 1.36. The van der Waals surface area contributed by atoms with Gasteiger partial charge in [0.2, 0.25) is 0 Å². The van der Waals surface area contributed by atoms with Gasteiger partial charge in [0.05, 0.1) is 5.69 Å². The Labute approximate surface area is 144 Å². The Morgan fingerprint density at radius 3 is 2.42 bits per heavy atom. The molecule has 1 saturated carbocycles. The highest BCUT2D eigenvalue weighted by Gasteiger charge is 2.21. The first-order valence-corrected chi connectivity index (χ1v) is 9.18. The van der Waals surface area contributed by atoms with E-state index >= 15 is 0 Å². The first-order valence-electron chi connectivity index (χ1n) is 9.18. The molecule has 4 rings (SSSR count). The molecule has 0 amide bonds. The lowest BCUT2D eigenvalue weighted by Crippen LogP contribution is -2.32. The Morgan fingerprint density at radius 1 is 0.917 bits per heavy atom. The van der Waals surface area contributed by atoms with Crippen molar-refractivity contribution in [3.05, 3.63) is 60.2 Å². The van der Waals surface area contributed by atoms with Crippen LogP contribution in [0.5, 0.6) is 0 Å². The second-order valence-corrected chi connectivity index (χ2v) is 7.10. The Kier molecular flexibility index (Phi) is 4.40. The zero-order chi connectivity index (χ0) is 16.4. The summed E-state index contributed by atoms with van der Waals surface area (Å²) in [6, 6.07) is 20.2. The third kappa shape index (κ3) is 2.99. The van der Waals surface area contributed by atoms with Gasteiger partial charge in [0.15, 0.2) is 0 Å². The van der Waals surface area contributed by atoms with Gasteiger partial charge < -0.3 is 4.98 Å². The van der Waals surface area contributed by atoms with Crippen molar-refractivity contribution in [2.45, 2.75) is 44.7 Å². The van der Waals surface area contributed by atoms with Crippen molar-refractivity contribution in [1.82, 2.24) is 9.88 Å². The number of aromatic nitrogens is 1. The van der Waals surface area contributed by atoms with Gasteiger partial charge in [-0.2, -0.15) is 0 Å². The molecule has 124 valence electrons. The maximum absolute atomic E-state index is 3.66. The fraction of sp³-hybridized carbons (Fsp3) is 0.364. The number of benzene rings is 2. The van der Waals surface area contributed by atoms with E-state index in [4.69, 9.17) is 0 Å². The smallest absolute Gasteiger partial charge is 0.0510 e. The molecule has 0 spiro atoms. The number of aromatic amines is 1. The summed E-state index contributed by atoms with van der Waals surface area (Å²) >= 11 is 0. The summed E-state index contributed by atoms with van der Waals surface area (Å²) < 4.78 is 0. The zero-order valence-electron chi connectivity index (χ0n) is 14.5. The Balaban J connectivity index is 1.72. The van der Waals surface area contributed by atoms with E-state index in [2.05, 4.69) is 71.5 Å². The van der Waals surface area contributed by atoms with Gasteiger partial charge in [-0.05, 0) is 37.1 Å². The van der Waals surface area contributed by atoms with Crippen molar-refractivity contribution >= 4 is 10.9 Å². The summed E-state index contributed by atoms with van der Waals surface area (Å²) in [5.74, 6) is 0. The van der Waals surface area contributed by atoms with E-state index in [1.54, 1.807) is 0 Å². The molecule has 24 heavy (non-hydrogen) atoms. The highest BCUT2D eigenvalue weighted by molar-refractivity contribution is 5.90. The van der Waals surface area contributed by atoms with Crippen LogP contribution in [-0.2, 0) is 6.54 Å². The first kappa shape index (κ1) is 15.5. The number of rotatable bonds is 4. The molecule has 0 unspecified atom stereocenters. The van der Waals surface area contributed by atoms with E-state index in [-0.39, 0.29) is 0 Å². The Bertz CT molecular complexity index is 797. The first-order chi connectivity index (χ1) is 11.8. The minimum absolute atomic E-state index is 0.732. The molecule has 2 aromatic carbocycles. The van der Waals surface area contributed by atoms with Crippen molar-refractivity contribution in [1.29, 1.82) is 0 Å². The molecular formula is C22H26N2. The van der Waals surface area contributed by atoms with Gasteiger partial charge in [-0.3, -0.25) is 4.90 Å². The molecular weight excluding hydrogens is 292 g/mol.